The zero-order chi connectivity index (χ0) is 14.2. The summed E-state index contributed by atoms with van der Waals surface area (Å²) in [5.74, 6) is -0.112. The van der Waals surface area contributed by atoms with Crippen LogP contribution in [0.1, 0.15) is 25.7 Å². The second kappa shape index (κ2) is 8.24. The SMILES string of the molecule is C=CCCCC/C=[N+](\C)C(C(=O)OC)[Si](C)(C)C. The molecular formula is C14H28NO2Si+. The standard InChI is InChI=1S/C14H28NO2Si/c1-7-8-9-10-11-12-15(2)13(14(16)17-3)18(4,5)6/h7,12-13H,1,8-11H2,2-6H3/q+1/b15-12+. The number of ether oxygens (including phenoxy) is 1. The summed E-state index contributed by atoms with van der Waals surface area (Å²) in [7, 11) is 1.84. The van der Waals surface area contributed by atoms with Crippen LogP contribution in [0.3, 0.4) is 0 Å². The van der Waals surface area contributed by atoms with E-state index in [9.17, 15) is 4.79 Å². The van der Waals surface area contributed by atoms with Gasteiger partial charge in [-0.05, 0) is 19.3 Å². The van der Waals surface area contributed by atoms with Crippen LogP contribution in [0.2, 0.25) is 19.6 Å². The molecule has 0 spiro atoms. The van der Waals surface area contributed by atoms with Gasteiger partial charge in [0.25, 0.3) is 0 Å². The number of allylic oxidation sites excluding steroid dienone is 1. The lowest BCUT2D eigenvalue weighted by molar-refractivity contribution is -0.503. The highest BCUT2D eigenvalue weighted by molar-refractivity contribution is 6.80. The van der Waals surface area contributed by atoms with E-state index in [0.29, 0.717) is 0 Å². The van der Waals surface area contributed by atoms with Crippen LogP contribution in [-0.4, -0.2) is 44.7 Å². The second-order valence-electron chi connectivity index (χ2n) is 5.71. The molecule has 0 aliphatic heterocycles. The van der Waals surface area contributed by atoms with Crippen LogP contribution in [0.5, 0.6) is 0 Å². The first-order chi connectivity index (χ1) is 8.34. The Labute approximate surface area is 113 Å². The fourth-order valence-corrected chi connectivity index (χ4v) is 4.23. The molecule has 104 valence electrons. The summed E-state index contributed by atoms with van der Waals surface area (Å²) in [5.41, 5.74) is -0.0955. The Morgan fingerprint density at radius 1 is 1.33 bits per heavy atom. The molecule has 18 heavy (non-hydrogen) atoms. The predicted molar refractivity (Wildman–Crippen MR) is 80.1 cm³/mol. The van der Waals surface area contributed by atoms with E-state index in [2.05, 4.69) is 32.4 Å². The molecule has 4 heteroatoms. The number of methoxy groups -OCH3 is 1. The Morgan fingerprint density at radius 2 is 1.89 bits per heavy atom. The first kappa shape index (κ1) is 17.1. The Morgan fingerprint density at radius 3 is 2.33 bits per heavy atom. The molecule has 0 saturated carbocycles. The van der Waals surface area contributed by atoms with Crippen LogP contribution in [0, 0.1) is 0 Å². The average molecular weight is 270 g/mol. The van der Waals surface area contributed by atoms with Crippen molar-refractivity contribution in [1.82, 2.24) is 0 Å². The highest BCUT2D eigenvalue weighted by Crippen LogP contribution is 2.12. The molecule has 0 bridgehead atoms. The van der Waals surface area contributed by atoms with Gasteiger partial charge < -0.3 is 4.74 Å². The molecule has 0 aromatic rings. The van der Waals surface area contributed by atoms with E-state index in [-0.39, 0.29) is 11.6 Å². The number of nitrogens with zero attached hydrogens (tertiary/aromatic N) is 1. The molecule has 0 saturated heterocycles. The molecule has 0 amide bonds. The molecule has 0 N–H and O–H groups in total. The third kappa shape index (κ3) is 6.14. The molecule has 0 aliphatic rings. The fourth-order valence-electron chi connectivity index (χ4n) is 2.08. The number of esters is 1. The van der Waals surface area contributed by atoms with Crippen LogP contribution in [0.15, 0.2) is 12.7 Å². The first-order valence-corrected chi connectivity index (χ1v) is 10.2. The van der Waals surface area contributed by atoms with E-state index >= 15 is 0 Å². The van der Waals surface area contributed by atoms with Gasteiger partial charge in [0.15, 0.2) is 0 Å². The molecule has 0 aromatic carbocycles. The van der Waals surface area contributed by atoms with Crippen LogP contribution in [0.25, 0.3) is 0 Å². The van der Waals surface area contributed by atoms with E-state index in [0.717, 1.165) is 25.7 Å². The van der Waals surface area contributed by atoms with Crippen LogP contribution in [0.4, 0.5) is 0 Å². The van der Waals surface area contributed by atoms with E-state index in [1.807, 2.05) is 17.7 Å². The molecular weight excluding hydrogens is 242 g/mol. The number of carbonyl (C=O) groups excluding carboxylic acids is 1. The summed E-state index contributed by atoms with van der Waals surface area (Å²) in [4.78, 5) is 11.9. The van der Waals surface area contributed by atoms with Gasteiger partial charge in [0.1, 0.15) is 21.3 Å². The lowest BCUT2D eigenvalue weighted by Crippen LogP contribution is -2.51. The van der Waals surface area contributed by atoms with Gasteiger partial charge in [0, 0.05) is 6.42 Å². The molecule has 0 heterocycles. The van der Waals surface area contributed by atoms with Crippen molar-refractivity contribution in [2.45, 2.75) is 51.0 Å². The maximum absolute atomic E-state index is 11.9. The Kier molecular flexibility index (Phi) is 7.83. The molecule has 0 aromatic heterocycles. The lowest BCUT2D eigenvalue weighted by atomic mass is 10.2. The summed E-state index contributed by atoms with van der Waals surface area (Å²) in [6, 6.07) is 0. The van der Waals surface area contributed by atoms with Crippen molar-refractivity contribution in [1.29, 1.82) is 0 Å². The molecule has 1 atom stereocenters. The summed E-state index contributed by atoms with van der Waals surface area (Å²) in [5, 5.41) is 0. The Balaban J connectivity index is 4.56. The summed E-state index contributed by atoms with van der Waals surface area (Å²) < 4.78 is 6.97. The van der Waals surface area contributed by atoms with E-state index < -0.39 is 8.07 Å². The largest absolute Gasteiger partial charge is 0.464 e. The van der Waals surface area contributed by atoms with Crippen molar-refractivity contribution < 1.29 is 14.1 Å². The van der Waals surface area contributed by atoms with Crippen molar-refractivity contribution in [2.24, 2.45) is 0 Å². The zero-order valence-corrected chi connectivity index (χ0v) is 13.5. The third-order valence-corrected chi connectivity index (χ3v) is 5.22. The number of rotatable bonds is 8. The fraction of sp³-hybridized carbons (Fsp3) is 0.714. The Hall–Kier alpha value is -0.903. The van der Waals surface area contributed by atoms with Crippen LogP contribution in [-0.2, 0) is 9.53 Å². The molecule has 0 rings (SSSR count). The summed E-state index contributed by atoms with van der Waals surface area (Å²) >= 11 is 0. The number of likely N-dealkylation sites (N-methyl/N-ethyl adjacent to an activating group) is 1. The molecule has 0 aliphatic carbocycles. The predicted octanol–water partition coefficient (Wildman–Crippen LogP) is 2.86. The minimum absolute atomic E-state index is 0.0955. The van der Waals surface area contributed by atoms with Gasteiger partial charge in [0.05, 0.1) is 7.11 Å². The topological polar surface area (TPSA) is 29.3 Å². The van der Waals surface area contributed by atoms with Gasteiger partial charge in [-0.25, -0.2) is 9.37 Å². The summed E-state index contributed by atoms with van der Waals surface area (Å²) in [6.07, 6.45) is 8.43. The monoisotopic (exact) mass is 270 g/mol. The van der Waals surface area contributed by atoms with Gasteiger partial charge in [-0.15, -0.1) is 6.58 Å². The van der Waals surface area contributed by atoms with Gasteiger partial charge in [0.2, 0.25) is 5.67 Å². The lowest BCUT2D eigenvalue weighted by Gasteiger charge is -2.22. The highest BCUT2D eigenvalue weighted by Gasteiger charge is 2.41. The van der Waals surface area contributed by atoms with E-state index in [1.165, 1.54) is 7.11 Å². The van der Waals surface area contributed by atoms with Gasteiger partial charge in [-0.3, -0.25) is 0 Å². The van der Waals surface area contributed by atoms with Crippen LogP contribution < -0.4 is 0 Å². The number of hydrogen-bond acceptors (Lipinski definition) is 2. The normalized spacial score (nSPS) is 14.2. The second-order valence-corrected chi connectivity index (χ2v) is 11.0. The number of hydrogen-bond donors (Lipinski definition) is 0. The summed E-state index contributed by atoms with van der Waals surface area (Å²) in [6.45, 7) is 10.3. The Bertz CT molecular complexity index is 305. The smallest absolute Gasteiger partial charge is 0.370 e. The minimum atomic E-state index is -1.61. The first-order valence-electron chi connectivity index (χ1n) is 6.58. The van der Waals surface area contributed by atoms with Crippen molar-refractivity contribution in [3.05, 3.63) is 12.7 Å². The van der Waals surface area contributed by atoms with Crippen molar-refractivity contribution in [2.75, 3.05) is 14.2 Å². The maximum atomic E-state index is 11.9. The van der Waals surface area contributed by atoms with Gasteiger partial charge >= 0.3 is 5.97 Å². The van der Waals surface area contributed by atoms with E-state index in [1.54, 1.807) is 0 Å². The van der Waals surface area contributed by atoms with Crippen LogP contribution >= 0.6 is 0 Å². The third-order valence-electron chi connectivity index (χ3n) is 2.93. The van der Waals surface area contributed by atoms with Crippen molar-refractivity contribution >= 4 is 20.3 Å². The minimum Gasteiger partial charge on any atom is -0.464 e. The van der Waals surface area contributed by atoms with Crippen molar-refractivity contribution in [3.8, 4) is 0 Å². The quantitative estimate of drug-likeness (QED) is 0.169. The maximum Gasteiger partial charge on any atom is 0.370 e. The van der Waals surface area contributed by atoms with Crippen molar-refractivity contribution in [3.63, 3.8) is 0 Å². The molecule has 1 unspecified atom stereocenters. The number of unbranched alkanes of at least 4 members (excludes halogenated alkanes) is 3. The van der Waals surface area contributed by atoms with Gasteiger partial charge in [-0.2, -0.15) is 0 Å². The highest BCUT2D eigenvalue weighted by atomic mass is 28.3. The number of carbonyl (C=O) groups is 1. The zero-order valence-electron chi connectivity index (χ0n) is 12.5. The van der Waals surface area contributed by atoms with Gasteiger partial charge in [-0.1, -0.05) is 25.7 Å². The average Bonchev–Trinajstić information content (AvgIpc) is 2.26. The molecule has 0 fully saturated rings. The molecule has 0 radical (unpaired) electrons. The van der Waals surface area contributed by atoms with E-state index in [4.69, 9.17) is 4.74 Å². The molecule has 3 nitrogen and oxygen atoms in total.